The van der Waals surface area contributed by atoms with E-state index in [0.717, 1.165) is 35.4 Å². The highest BCUT2D eigenvalue weighted by molar-refractivity contribution is 6.39. The van der Waals surface area contributed by atoms with Crippen molar-refractivity contribution in [2.45, 2.75) is 26.2 Å². The number of anilines is 2. The number of rotatable bonds is 5. The summed E-state index contributed by atoms with van der Waals surface area (Å²) in [5.74, 6) is -0.694. The van der Waals surface area contributed by atoms with Crippen LogP contribution in [0.5, 0.6) is 5.75 Å². The van der Waals surface area contributed by atoms with Crippen LogP contribution in [-0.2, 0) is 27.2 Å². The Bertz CT molecular complexity index is 909. The second-order valence-electron chi connectivity index (χ2n) is 6.93. The first kappa shape index (κ1) is 20.4. The van der Waals surface area contributed by atoms with E-state index in [0.29, 0.717) is 25.2 Å². The number of carbonyl (C=O) groups excluding carboxylic acids is 3. The maximum atomic E-state index is 12.2. The summed E-state index contributed by atoms with van der Waals surface area (Å²) >= 11 is 0. The number of fused-ring (bicyclic) bond motifs is 1. The van der Waals surface area contributed by atoms with Crippen LogP contribution in [0.1, 0.15) is 24.5 Å². The molecule has 2 N–H and O–H groups in total. The minimum absolute atomic E-state index is 0.0364. The van der Waals surface area contributed by atoms with Crippen molar-refractivity contribution in [2.75, 3.05) is 30.4 Å². The lowest BCUT2D eigenvalue weighted by Crippen LogP contribution is -2.37. The fraction of sp³-hybridized carbons (Fsp3) is 0.318. The number of aryl methyl sites for hydroxylation is 1. The van der Waals surface area contributed by atoms with E-state index in [4.69, 9.17) is 4.74 Å². The van der Waals surface area contributed by atoms with E-state index in [1.807, 2.05) is 30.3 Å². The molecule has 1 aliphatic rings. The van der Waals surface area contributed by atoms with E-state index >= 15 is 0 Å². The SMILES string of the molecule is COc1ccc(CCNC(=O)C(=O)Nc2ccc3c(c2)N(C(C)=O)CCC3)cc1. The molecule has 3 rings (SSSR count). The third-order valence-corrected chi connectivity index (χ3v) is 4.91. The second-order valence-corrected chi connectivity index (χ2v) is 6.93. The molecule has 0 bridgehead atoms. The van der Waals surface area contributed by atoms with Crippen LogP contribution >= 0.6 is 0 Å². The highest BCUT2D eigenvalue weighted by Crippen LogP contribution is 2.30. The average molecular weight is 395 g/mol. The Morgan fingerprint density at radius 2 is 1.83 bits per heavy atom. The highest BCUT2D eigenvalue weighted by atomic mass is 16.5. The van der Waals surface area contributed by atoms with Crippen molar-refractivity contribution in [1.29, 1.82) is 0 Å². The van der Waals surface area contributed by atoms with Crippen LogP contribution in [0.15, 0.2) is 42.5 Å². The van der Waals surface area contributed by atoms with Crippen molar-refractivity contribution < 1.29 is 19.1 Å². The molecule has 0 atom stereocenters. The summed E-state index contributed by atoms with van der Waals surface area (Å²) in [7, 11) is 1.61. The van der Waals surface area contributed by atoms with E-state index in [2.05, 4.69) is 10.6 Å². The number of methoxy groups -OCH3 is 1. The fourth-order valence-corrected chi connectivity index (χ4v) is 3.36. The van der Waals surface area contributed by atoms with E-state index in [-0.39, 0.29) is 5.91 Å². The largest absolute Gasteiger partial charge is 0.497 e. The predicted molar refractivity (Wildman–Crippen MR) is 111 cm³/mol. The first-order valence-corrected chi connectivity index (χ1v) is 9.61. The normalized spacial score (nSPS) is 12.7. The number of benzene rings is 2. The van der Waals surface area contributed by atoms with Gasteiger partial charge in [0.05, 0.1) is 7.11 Å². The predicted octanol–water partition coefficient (Wildman–Crippen LogP) is 2.29. The molecule has 3 amide bonds. The summed E-state index contributed by atoms with van der Waals surface area (Å²) in [6.07, 6.45) is 2.41. The van der Waals surface area contributed by atoms with Gasteiger partial charge in [-0.15, -0.1) is 0 Å². The molecule has 0 saturated heterocycles. The van der Waals surface area contributed by atoms with Gasteiger partial charge in [0, 0.05) is 31.4 Å². The van der Waals surface area contributed by atoms with Crippen LogP contribution < -0.4 is 20.3 Å². The van der Waals surface area contributed by atoms with Gasteiger partial charge in [0.15, 0.2) is 0 Å². The zero-order valence-electron chi connectivity index (χ0n) is 16.7. The molecule has 7 heteroatoms. The van der Waals surface area contributed by atoms with Gasteiger partial charge in [-0.1, -0.05) is 18.2 Å². The molecule has 0 fully saturated rings. The van der Waals surface area contributed by atoms with E-state index < -0.39 is 11.8 Å². The zero-order valence-corrected chi connectivity index (χ0v) is 16.7. The molecule has 0 radical (unpaired) electrons. The Hall–Kier alpha value is -3.35. The van der Waals surface area contributed by atoms with Crippen LogP contribution in [0.4, 0.5) is 11.4 Å². The molecule has 0 aliphatic carbocycles. The van der Waals surface area contributed by atoms with Crippen LogP contribution in [-0.4, -0.2) is 37.9 Å². The Morgan fingerprint density at radius 1 is 1.07 bits per heavy atom. The molecule has 0 unspecified atom stereocenters. The average Bonchev–Trinajstić information content (AvgIpc) is 2.73. The summed E-state index contributed by atoms with van der Waals surface area (Å²) < 4.78 is 5.11. The van der Waals surface area contributed by atoms with Crippen molar-refractivity contribution in [3.05, 3.63) is 53.6 Å². The summed E-state index contributed by atoms with van der Waals surface area (Å²) in [5.41, 5.74) is 3.38. The van der Waals surface area contributed by atoms with Gasteiger partial charge in [0.2, 0.25) is 5.91 Å². The van der Waals surface area contributed by atoms with Crippen LogP contribution in [0.3, 0.4) is 0 Å². The Balaban J connectivity index is 1.54. The molecule has 152 valence electrons. The van der Waals surface area contributed by atoms with Crippen LogP contribution in [0.25, 0.3) is 0 Å². The minimum atomic E-state index is -0.732. The molecule has 2 aromatic carbocycles. The number of hydrogen-bond acceptors (Lipinski definition) is 4. The highest BCUT2D eigenvalue weighted by Gasteiger charge is 2.21. The van der Waals surface area contributed by atoms with Gasteiger partial charge in [0.1, 0.15) is 5.75 Å². The maximum Gasteiger partial charge on any atom is 0.313 e. The number of carbonyl (C=O) groups is 3. The molecule has 1 aliphatic heterocycles. The van der Waals surface area contributed by atoms with E-state index in [1.165, 1.54) is 6.92 Å². The van der Waals surface area contributed by atoms with Gasteiger partial charge >= 0.3 is 11.8 Å². The molecule has 7 nitrogen and oxygen atoms in total. The van der Waals surface area contributed by atoms with E-state index in [1.54, 1.807) is 24.1 Å². The van der Waals surface area contributed by atoms with Crippen LogP contribution in [0, 0.1) is 0 Å². The van der Waals surface area contributed by atoms with Crippen molar-refractivity contribution in [3.63, 3.8) is 0 Å². The molecule has 29 heavy (non-hydrogen) atoms. The number of ether oxygens (including phenoxy) is 1. The molecule has 2 aromatic rings. The second kappa shape index (κ2) is 9.23. The summed E-state index contributed by atoms with van der Waals surface area (Å²) in [6.45, 7) is 2.53. The van der Waals surface area contributed by atoms with Gasteiger partial charge < -0.3 is 20.3 Å². The van der Waals surface area contributed by atoms with Gasteiger partial charge in [-0.3, -0.25) is 14.4 Å². The molecule has 0 aromatic heterocycles. The molecular formula is C22H25N3O4. The Labute approximate surface area is 170 Å². The monoisotopic (exact) mass is 395 g/mol. The van der Waals surface area contributed by atoms with Gasteiger partial charge in [-0.25, -0.2) is 0 Å². The first-order valence-electron chi connectivity index (χ1n) is 9.61. The Morgan fingerprint density at radius 3 is 2.52 bits per heavy atom. The van der Waals surface area contributed by atoms with Crippen LogP contribution in [0.2, 0.25) is 0 Å². The summed E-state index contributed by atoms with van der Waals surface area (Å²) in [5, 5.41) is 5.23. The molecule has 0 spiro atoms. The van der Waals surface area contributed by atoms with E-state index in [9.17, 15) is 14.4 Å². The lowest BCUT2D eigenvalue weighted by molar-refractivity contribution is -0.136. The Kier molecular flexibility index (Phi) is 6.49. The molecule has 0 saturated carbocycles. The smallest absolute Gasteiger partial charge is 0.313 e. The number of nitrogens with zero attached hydrogens (tertiary/aromatic N) is 1. The third kappa shape index (κ3) is 5.13. The first-order chi connectivity index (χ1) is 14.0. The summed E-state index contributed by atoms with van der Waals surface area (Å²) in [6, 6.07) is 12.9. The lowest BCUT2D eigenvalue weighted by atomic mass is 10.0. The van der Waals surface area contributed by atoms with Crippen molar-refractivity contribution in [2.24, 2.45) is 0 Å². The fourth-order valence-electron chi connectivity index (χ4n) is 3.36. The minimum Gasteiger partial charge on any atom is -0.497 e. The maximum absolute atomic E-state index is 12.2. The number of nitrogens with one attached hydrogen (secondary N) is 2. The third-order valence-electron chi connectivity index (χ3n) is 4.91. The number of amides is 3. The number of hydrogen-bond donors (Lipinski definition) is 2. The van der Waals surface area contributed by atoms with Gasteiger partial charge in [-0.2, -0.15) is 0 Å². The van der Waals surface area contributed by atoms with Crippen molar-refractivity contribution in [1.82, 2.24) is 5.32 Å². The zero-order chi connectivity index (χ0) is 20.8. The molecular weight excluding hydrogens is 370 g/mol. The summed E-state index contributed by atoms with van der Waals surface area (Å²) in [4.78, 5) is 37.8. The lowest BCUT2D eigenvalue weighted by Gasteiger charge is -2.29. The standard InChI is InChI=1S/C22H25N3O4/c1-15(26)25-13-3-4-17-7-8-18(14-20(17)25)24-22(28)21(27)23-12-11-16-5-9-19(29-2)10-6-16/h5-10,14H,3-4,11-13H2,1-2H3,(H,23,27)(H,24,28). The van der Waals surface area contributed by atoms with Gasteiger partial charge in [-0.05, 0) is 54.7 Å². The quantitative estimate of drug-likeness (QED) is 0.761. The molecule has 1 heterocycles. The topological polar surface area (TPSA) is 87.7 Å². The van der Waals surface area contributed by atoms with Gasteiger partial charge in [0.25, 0.3) is 0 Å². The van der Waals surface area contributed by atoms with Crippen molar-refractivity contribution in [3.8, 4) is 5.75 Å². The van der Waals surface area contributed by atoms with Crippen molar-refractivity contribution >= 4 is 29.1 Å².